The Balaban J connectivity index is 2.35. The van der Waals surface area contributed by atoms with Crippen LogP contribution in [0, 0.1) is 34.6 Å². The predicted octanol–water partition coefficient (Wildman–Crippen LogP) is 3.66. The third kappa shape index (κ3) is 2.41. The van der Waals surface area contributed by atoms with Crippen molar-refractivity contribution in [1.29, 1.82) is 0 Å². The van der Waals surface area contributed by atoms with Gasteiger partial charge in [-0.3, -0.25) is 4.79 Å². The van der Waals surface area contributed by atoms with Crippen LogP contribution in [0.3, 0.4) is 0 Å². The van der Waals surface area contributed by atoms with Crippen LogP contribution in [-0.2, 0) is 0 Å². The van der Waals surface area contributed by atoms with Gasteiger partial charge in [-0.15, -0.1) is 0 Å². The molecule has 106 valence electrons. The molecule has 0 aliphatic carbocycles. The fourth-order valence-corrected chi connectivity index (χ4v) is 2.26. The maximum atomic E-state index is 12.4. The van der Waals surface area contributed by atoms with E-state index in [2.05, 4.69) is 5.32 Å². The van der Waals surface area contributed by atoms with Gasteiger partial charge in [-0.2, -0.15) is 0 Å². The highest BCUT2D eigenvalue weighted by Gasteiger charge is 2.19. The molecule has 4 heteroatoms. The van der Waals surface area contributed by atoms with Crippen LogP contribution in [0.4, 0.5) is 11.4 Å². The number of hydrogen-bond donors (Lipinski definition) is 2. The van der Waals surface area contributed by atoms with Gasteiger partial charge in [-0.25, -0.2) is 0 Å². The van der Waals surface area contributed by atoms with Crippen molar-refractivity contribution < 1.29 is 9.21 Å². The topological polar surface area (TPSA) is 68.3 Å². The van der Waals surface area contributed by atoms with E-state index in [1.54, 1.807) is 6.92 Å². The number of carbonyl (C=O) groups excluding carboxylic acids is 1. The van der Waals surface area contributed by atoms with E-state index in [9.17, 15) is 4.79 Å². The molecular formula is C16H20N2O2. The Morgan fingerprint density at radius 3 is 2.20 bits per heavy atom. The van der Waals surface area contributed by atoms with Gasteiger partial charge in [0.25, 0.3) is 5.91 Å². The molecule has 1 heterocycles. The SMILES string of the molecule is Cc1cc(N)c(NC(=O)c2c(C)oc(C)c2C)cc1C. The maximum Gasteiger partial charge on any atom is 0.259 e. The molecule has 0 unspecified atom stereocenters. The molecule has 3 N–H and O–H groups in total. The molecule has 2 rings (SSSR count). The molecule has 1 aromatic heterocycles. The lowest BCUT2D eigenvalue weighted by Gasteiger charge is -2.11. The first kappa shape index (κ1) is 14.2. The molecule has 0 saturated carbocycles. The molecule has 0 saturated heterocycles. The smallest absolute Gasteiger partial charge is 0.259 e. The molecule has 0 aliphatic heterocycles. The molecule has 2 aromatic rings. The molecule has 4 nitrogen and oxygen atoms in total. The van der Waals surface area contributed by atoms with Crippen LogP contribution in [-0.4, -0.2) is 5.91 Å². The Morgan fingerprint density at radius 1 is 1.05 bits per heavy atom. The highest BCUT2D eigenvalue weighted by molar-refractivity contribution is 6.07. The normalized spacial score (nSPS) is 10.7. The van der Waals surface area contributed by atoms with Crippen molar-refractivity contribution in [2.24, 2.45) is 0 Å². The van der Waals surface area contributed by atoms with E-state index >= 15 is 0 Å². The van der Waals surface area contributed by atoms with E-state index in [0.717, 1.165) is 22.5 Å². The fourth-order valence-electron chi connectivity index (χ4n) is 2.26. The van der Waals surface area contributed by atoms with Crippen molar-refractivity contribution in [3.05, 3.63) is 45.9 Å². The third-order valence-electron chi connectivity index (χ3n) is 3.70. The molecule has 1 aromatic carbocycles. The average Bonchev–Trinajstić information content (AvgIpc) is 2.60. The van der Waals surface area contributed by atoms with E-state index in [4.69, 9.17) is 10.2 Å². The highest BCUT2D eigenvalue weighted by Crippen LogP contribution is 2.26. The standard InChI is InChI=1S/C16H20N2O2/c1-8-6-13(17)14(7-9(8)2)18-16(19)15-10(3)11(4)20-12(15)5/h6-7H,17H2,1-5H3,(H,18,19). The number of nitrogens with one attached hydrogen (secondary N) is 1. The van der Waals surface area contributed by atoms with Gasteiger partial charge in [0.15, 0.2) is 0 Å². The Labute approximate surface area is 119 Å². The molecule has 1 amide bonds. The van der Waals surface area contributed by atoms with Crippen LogP contribution in [0.2, 0.25) is 0 Å². The third-order valence-corrected chi connectivity index (χ3v) is 3.70. The van der Waals surface area contributed by atoms with Gasteiger partial charge < -0.3 is 15.5 Å². The molecular weight excluding hydrogens is 252 g/mol. The lowest BCUT2D eigenvalue weighted by atomic mass is 10.1. The van der Waals surface area contributed by atoms with Crippen LogP contribution in [0.1, 0.15) is 38.6 Å². The summed E-state index contributed by atoms with van der Waals surface area (Å²) in [6, 6.07) is 3.76. The van der Waals surface area contributed by atoms with Gasteiger partial charge in [0, 0.05) is 5.56 Å². The van der Waals surface area contributed by atoms with Gasteiger partial charge in [0.05, 0.1) is 16.9 Å². The summed E-state index contributed by atoms with van der Waals surface area (Å²) in [7, 11) is 0. The number of rotatable bonds is 2. The molecule has 20 heavy (non-hydrogen) atoms. The quantitative estimate of drug-likeness (QED) is 0.820. The summed E-state index contributed by atoms with van der Waals surface area (Å²) in [5.74, 6) is 1.20. The predicted molar refractivity (Wildman–Crippen MR) is 81.2 cm³/mol. The first-order valence-electron chi connectivity index (χ1n) is 6.56. The summed E-state index contributed by atoms with van der Waals surface area (Å²) in [5.41, 5.74) is 10.8. The highest BCUT2D eigenvalue weighted by atomic mass is 16.3. The lowest BCUT2D eigenvalue weighted by molar-refractivity contribution is 0.102. The molecule has 0 aliphatic rings. The van der Waals surface area contributed by atoms with Crippen LogP contribution in [0.15, 0.2) is 16.5 Å². The summed E-state index contributed by atoms with van der Waals surface area (Å²) in [5, 5.41) is 2.87. The Morgan fingerprint density at radius 2 is 1.65 bits per heavy atom. The van der Waals surface area contributed by atoms with Gasteiger partial charge in [0.1, 0.15) is 11.5 Å². The van der Waals surface area contributed by atoms with Crippen LogP contribution >= 0.6 is 0 Å². The monoisotopic (exact) mass is 272 g/mol. The number of anilines is 2. The summed E-state index contributed by atoms with van der Waals surface area (Å²) in [4.78, 5) is 12.4. The van der Waals surface area contributed by atoms with Gasteiger partial charge in [-0.05, 0) is 57.9 Å². The number of aryl methyl sites for hydroxylation is 4. The zero-order chi connectivity index (χ0) is 15.0. The number of amides is 1. The summed E-state index contributed by atoms with van der Waals surface area (Å²) >= 11 is 0. The van der Waals surface area contributed by atoms with Crippen LogP contribution in [0.25, 0.3) is 0 Å². The van der Waals surface area contributed by atoms with Crippen molar-refractivity contribution in [2.75, 3.05) is 11.1 Å². The molecule has 0 spiro atoms. The summed E-state index contributed by atoms with van der Waals surface area (Å²) < 4.78 is 5.49. The average molecular weight is 272 g/mol. The zero-order valence-electron chi connectivity index (χ0n) is 12.5. The Kier molecular flexibility index (Phi) is 3.57. The zero-order valence-corrected chi connectivity index (χ0v) is 12.5. The minimum atomic E-state index is -0.188. The Hall–Kier alpha value is -2.23. The van der Waals surface area contributed by atoms with Crippen molar-refractivity contribution >= 4 is 17.3 Å². The lowest BCUT2D eigenvalue weighted by Crippen LogP contribution is -2.15. The summed E-state index contributed by atoms with van der Waals surface area (Å²) in [6.07, 6.45) is 0. The largest absolute Gasteiger partial charge is 0.466 e. The second-order valence-corrected chi connectivity index (χ2v) is 5.19. The van der Waals surface area contributed by atoms with E-state index in [0.29, 0.717) is 22.7 Å². The minimum absolute atomic E-state index is 0.188. The van der Waals surface area contributed by atoms with E-state index in [-0.39, 0.29) is 5.91 Å². The van der Waals surface area contributed by atoms with Crippen molar-refractivity contribution in [3.8, 4) is 0 Å². The van der Waals surface area contributed by atoms with E-state index in [1.807, 2.05) is 39.8 Å². The van der Waals surface area contributed by atoms with E-state index in [1.165, 1.54) is 0 Å². The number of benzene rings is 1. The van der Waals surface area contributed by atoms with Crippen molar-refractivity contribution in [2.45, 2.75) is 34.6 Å². The van der Waals surface area contributed by atoms with Crippen molar-refractivity contribution in [1.82, 2.24) is 0 Å². The molecule has 0 atom stereocenters. The second-order valence-electron chi connectivity index (χ2n) is 5.19. The maximum absolute atomic E-state index is 12.4. The number of nitrogen functional groups attached to an aromatic ring is 1. The summed E-state index contributed by atoms with van der Waals surface area (Å²) in [6.45, 7) is 9.50. The van der Waals surface area contributed by atoms with Gasteiger partial charge >= 0.3 is 0 Å². The molecule has 0 fully saturated rings. The minimum Gasteiger partial charge on any atom is -0.466 e. The number of furan rings is 1. The number of hydrogen-bond acceptors (Lipinski definition) is 3. The van der Waals surface area contributed by atoms with Crippen LogP contribution < -0.4 is 11.1 Å². The second kappa shape index (κ2) is 5.04. The Bertz CT molecular complexity index is 684. The number of carbonyl (C=O) groups is 1. The molecule has 0 radical (unpaired) electrons. The molecule has 0 bridgehead atoms. The van der Waals surface area contributed by atoms with Gasteiger partial charge in [0.2, 0.25) is 0 Å². The fraction of sp³-hybridized carbons (Fsp3) is 0.312. The van der Waals surface area contributed by atoms with Gasteiger partial charge in [-0.1, -0.05) is 0 Å². The van der Waals surface area contributed by atoms with Crippen LogP contribution in [0.5, 0.6) is 0 Å². The number of nitrogens with two attached hydrogens (primary N) is 1. The van der Waals surface area contributed by atoms with E-state index < -0.39 is 0 Å². The first-order chi connectivity index (χ1) is 9.31. The first-order valence-corrected chi connectivity index (χ1v) is 6.56. The van der Waals surface area contributed by atoms with Crippen molar-refractivity contribution in [3.63, 3.8) is 0 Å².